The SMILES string of the molecule is CC=Cc1ccc([C@H]2[C@@H](CNC(=O)NC(C)C)N(C(=O)C3CC3)[C@H]2CO)cc1. The molecule has 3 atom stereocenters. The molecule has 2 fully saturated rings. The number of rotatable bonds is 7. The molecule has 0 spiro atoms. The summed E-state index contributed by atoms with van der Waals surface area (Å²) >= 11 is 0. The second kappa shape index (κ2) is 8.78. The molecular weight excluding hydrogens is 354 g/mol. The van der Waals surface area contributed by atoms with Crippen molar-refractivity contribution in [3.63, 3.8) is 0 Å². The number of hydrogen-bond acceptors (Lipinski definition) is 3. The Morgan fingerprint density at radius 1 is 1.21 bits per heavy atom. The number of nitrogens with one attached hydrogen (secondary N) is 2. The van der Waals surface area contributed by atoms with Crippen molar-refractivity contribution in [1.82, 2.24) is 15.5 Å². The lowest BCUT2D eigenvalue weighted by atomic mass is 9.74. The van der Waals surface area contributed by atoms with Gasteiger partial charge < -0.3 is 20.6 Å². The van der Waals surface area contributed by atoms with Gasteiger partial charge in [-0.2, -0.15) is 0 Å². The van der Waals surface area contributed by atoms with Crippen molar-refractivity contribution >= 4 is 18.0 Å². The van der Waals surface area contributed by atoms with Crippen molar-refractivity contribution in [3.8, 4) is 0 Å². The second-order valence-electron chi connectivity index (χ2n) is 8.04. The minimum absolute atomic E-state index is 0.00621. The fraction of sp³-hybridized carbons (Fsp3) is 0.545. The van der Waals surface area contributed by atoms with E-state index in [1.165, 1.54) is 0 Å². The van der Waals surface area contributed by atoms with E-state index in [4.69, 9.17) is 0 Å². The average molecular weight is 386 g/mol. The Kier molecular flexibility index (Phi) is 6.39. The number of carbonyl (C=O) groups excluding carboxylic acids is 2. The second-order valence-corrected chi connectivity index (χ2v) is 8.04. The highest BCUT2D eigenvalue weighted by Crippen LogP contribution is 2.44. The van der Waals surface area contributed by atoms with Crippen LogP contribution in [0.2, 0.25) is 0 Å². The van der Waals surface area contributed by atoms with Gasteiger partial charge in [-0.15, -0.1) is 0 Å². The predicted molar refractivity (Wildman–Crippen MR) is 110 cm³/mol. The van der Waals surface area contributed by atoms with Gasteiger partial charge in [-0.05, 0) is 44.7 Å². The van der Waals surface area contributed by atoms with Gasteiger partial charge >= 0.3 is 6.03 Å². The van der Waals surface area contributed by atoms with Crippen LogP contribution in [0.25, 0.3) is 6.08 Å². The first-order chi connectivity index (χ1) is 13.5. The molecule has 1 aromatic carbocycles. The van der Waals surface area contributed by atoms with Crippen LogP contribution >= 0.6 is 0 Å². The highest BCUT2D eigenvalue weighted by molar-refractivity contribution is 5.83. The quantitative estimate of drug-likeness (QED) is 0.674. The van der Waals surface area contributed by atoms with Gasteiger partial charge in [-0.1, -0.05) is 36.4 Å². The Morgan fingerprint density at radius 2 is 1.89 bits per heavy atom. The first-order valence-corrected chi connectivity index (χ1v) is 10.2. The van der Waals surface area contributed by atoms with E-state index in [0.717, 1.165) is 24.0 Å². The van der Waals surface area contributed by atoms with Gasteiger partial charge in [0, 0.05) is 24.4 Å². The van der Waals surface area contributed by atoms with Crippen LogP contribution in [0.5, 0.6) is 0 Å². The zero-order valence-electron chi connectivity index (χ0n) is 16.9. The molecule has 0 unspecified atom stereocenters. The van der Waals surface area contributed by atoms with Crippen LogP contribution in [0.4, 0.5) is 4.79 Å². The van der Waals surface area contributed by atoms with Gasteiger partial charge in [-0.25, -0.2) is 4.79 Å². The maximum atomic E-state index is 12.8. The molecule has 6 nitrogen and oxygen atoms in total. The molecule has 1 saturated heterocycles. The lowest BCUT2D eigenvalue weighted by molar-refractivity contribution is -0.151. The van der Waals surface area contributed by atoms with Crippen LogP contribution < -0.4 is 10.6 Å². The third-order valence-electron chi connectivity index (χ3n) is 5.48. The normalized spacial score (nSPS) is 24.3. The summed E-state index contributed by atoms with van der Waals surface area (Å²) < 4.78 is 0. The highest BCUT2D eigenvalue weighted by Gasteiger charge is 2.53. The van der Waals surface area contributed by atoms with Crippen molar-refractivity contribution in [1.29, 1.82) is 0 Å². The standard InChI is InChI=1S/C22H31N3O3/c1-4-5-15-6-8-16(9-7-15)20-18(12-23-22(28)24-14(2)3)25(19(20)13-26)21(27)17-10-11-17/h4-9,14,17-20,26H,10-13H2,1-3H3,(H2,23,24,28)/t18-,19+,20+/m1/s1. The zero-order valence-corrected chi connectivity index (χ0v) is 16.9. The van der Waals surface area contributed by atoms with E-state index >= 15 is 0 Å². The molecule has 0 aromatic heterocycles. The number of hydrogen-bond donors (Lipinski definition) is 3. The number of amides is 3. The first kappa shape index (κ1) is 20.4. The molecule has 28 heavy (non-hydrogen) atoms. The van der Waals surface area contributed by atoms with Crippen LogP contribution in [0.15, 0.2) is 30.3 Å². The first-order valence-electron chi connectivity index (χ1n) is 10.2. The lowest BCUT2D eigenvalue weighted by Crippen LogP contribution is -2.69. The largest absolute Gasteiger partial charge is 0.394 e. The van der Waals surface area contributed by atoms with E-state index in [9.17, 15) is 14.7 Å². The summed E-state index contributed by atoms with van der Waals surface area (Å²) in [5.74, 6) is 0.197. The topological polar surface area (TPSA) is 81.7 Å². The van der Waals surface area contributed by atoms with Crippen molar-refractivity contribution in [2.45, 2.75) is 57.7 Å². The molecule has 6 heteroatoms. The molecule has 3 amide bonds. The van der Waals surface area contributed by atoms with Gasteiger partial charge in [0.1, 0.15) is 0 Å². The molecule has 0 radical (unpaired) electrons. The van der Waals surface area contributed by atoms with Crippen LogP contribution in [0.3, 0.4) is 0 Å². The Hall–Kier alpha value is -2.34. The Labute approximate surface area is 167 Å². The molecule has 1 aliphatic heterocycles. The van der Waals surface area contributed by atoms with Crippen LogP contribution in [-0.4, -0.2) is 53.2 Å². The summed E-state index contributed by atoms with van der Waals surface area (Å²) in [7, 11) is 0. The lowest BCUT2D eigenvalue weighted by Gasteiger charge is -2.55. The van der Waals surface area contributed by atoms with Crippen LogP contribution in [-0.2, 0) is 4.79 Å². The molecule has 152 valence electrons. The Bertz CT molecular complexity index is 725. The van der Waals surface area contributed by atoms with Gasteiger partial charge in [0.15, 0.2) is 0 Å². The summed E-state index contributed by atoms with van der Waals surface area (Å²) in [5.41, 5.74) is 2.20. The van der Waals surface area contributed by atoms with Gasteiger partial charge in [0.05, 0.1) is 18.7 Å². The number of carbonyl (C=O) groups is 2. The van der Waals surface area contributed by atoms with Crippen molar-refractivity contribution < 1.29 is 14.7 Å². The molecule has 3 rings (SSSR count). The molecule has 1 aromatic rings. The molecule has 1 heterocycles. The van der Waals surface area contributed by atoms with Gasteiger partial charge in [-0.3, -0.25) is 4.79 Å². The minimum Gasteiger partial charge on any atom is -0.394 e. The van der Waals surface area contributed by atoms with E-state index in [1.54, 1.807) is 4.90 Å². The van der Waals surface area contributed by atoms with E-state index in [2.05, 4.69) is 22.8 Å². The highest BCUT2D eigenvalue weighted by atomic mass is 16.3. The number of benzene rings is 1. The molecule has 3 N–H and O–H groups in total. The smallest absolute Gasteiger partial charge is 0.315 e. The maximum Gasteiger partial charge on any atom is 0.315 e. The molecule has 2 aliphatic rings. The zero-order chi connectivity index (χ0) is 20.3. The average Bonchev–Trinajstić information content (AvgIpc) is 3.47. The maximum absolute atomic E-state index is 12.8. The molecular formula is C22H31N3O3. The van der Waals surface area contributed by atoms with Crippen molar-refractivity contribution in [2.24, 2.45) is 5.92 Å². The van der Waals surface area contributed by atoms with Crippen LogP contribution in [0.1, 0.15) is 50.7 Å². The fourth-order valence-electron chi connectivity index (χ4n) is 4.02. The summed E-state index contributed by atoms with van der Waals surface area (Å²) in [6, 6.07) is 7.65. The Balaban J connectivity index is 1.78. The fourth-order valence-corrected chi connectivity index (χ4v) is 4.02. The summed E-state index contributed by atoms with van der Waals surface area (Å²) in [5, 5.41) is 15.7. The van der Waals surface area contributed by atoms with E-state index in [1.807, 2.05) is 45.1 Å². The van der Waals surface area contributed by atoms with Gasteiger partial charge in [0.25, 0.3) is 0 Å². The number of likely N-dealkylation sites (tertiary alicyclic amines) is 1. The van der Waals surface area contributed by atoms with E-state index in [-0.39, 0.29) is 48.5 Å². The number of urea groups is 1. The molecule has 1 saturated carbocycles. The number of aliphatic hydroxyl groups is 1. The third kappa shape index (κ3) is 4.38. The summed E-state index contributed by atoms with van der Waals surface area (Å²) in [4.78, 5) is 26.6. The van der Waals surface area contributed by atoms with Gasteiger partial charge in [0.2, 0.25) is 5.91 Å². The summed E-state index contributed by atoms with van der Waals surface area (Å²) in [6.45, 7) is 6.08. The minimum atomic E-state index is -0.236. The Morgan fingerprint density at radius 3 is 2.43 bits per heavy atom. The molecule has 1 aliphatic carbocycles. The predicted octanol–water partition coefficient (Wildman–Crippen LogP) is 2.49. The number of allylic oxidation sites excluding steroid dienone is 1. The molecule has 0 bridgehead atoms. The number of nitrogens with zero attached hydrogens (tertiary/aromatic N) is 1. The van der Waals surface area contributed by atoms with E-state index < -0.39 is 0 Å². The number of aliphatic hydroxyl groups excluding tert-OH is 1. The van der Waals surface area contributed by atoms with Crippen LogP contribution in [0, 0.1) is 5.92 Å². The van der Waals surface area contributed by atoms with Crippen molar-refractivity contribution in [3.05, 3.63) is 41.5 Å². The monoisotopic (exact) mass is 385 g/mol. The summed E-state index contributed by atoms with van der Waals surface area (Å²) in [6.07, 6.45) is 5.87. The van der Waals surface area contributed by atoms with Crippen molar-refractivity contribution in [2.75, 3.05) is 13.2 Å². The van der Waals surface area contributed by atoms with E-state index in [0.29, 0.717) is 6.54 Å². The third-order valence-corrected chi connectivity index (χ3v) is 5.48.